The molecule has 180 valence electrons. The van der Waals surface area contributed by atoms with Gasteiger partial charge < -0.3 is 15.4 Å². The van der Waals surface area contributed by atoms with Crippen molar-refractivity contribution in [1.82, 2.24) is 9.78 Å². The maximum atomic E-state index is 12.8. The number of amides is 2. The Bertz CT molecular complexity index is 1180. The topological polar surface area (TPSA) is 85.2 Å². The van der Waals surface area contributed by atoms with Crippen LogP contribution in [0.5, 0.6) is 5.75 Å². The highest BCUT2D eigenvalue weighted by Gasteiger charge is 2.30. The molecule has 10 heteroatoms. The molecule has 0 fully saturated rings. The maximum absolute atomic E-state index is 12.8. The summed E-state index contributed by atoms with van der Waals surface area (Å²) in [6.07, 6.45) is -4.50. The van der Waals surface area contributed by atoms with Crippen LogP contribution in [-0.4, -0.2) is 28.2 Å². The fourth-order valence-electron chi connectivity index (χ4n) is 3.11. The van der Waals surface area contributed by atoms with Gasteiger partial charge in [-0.3, -0.25) is 9.59 Å². The summed E-state index contributed by atoms with van der Waals surface area (Å²) in [5.41, 5.74) is -0.0122. The Balaban J connectivity index is 1.57. The Hall–Kier alpha value is -3.82. The Morgan fingerprint density at radius 2 is 1.68 bits per heavy atom. The standard InChI is InChI=1S/C24H25F3N4O3/c1-15-12-20(31(30-15)23(2,3)4)29-22(33)16-8-10-19(11-9-16)34-14-21(32)28-18-7-5-6-17(13-18)24(25,26)27/h5-13H,14H2,1-4H3,(H,28,32)(H,29,33). The van der Waals surface area contributed by atoms with E-state index in [1.807, 2.05) is 27.7 Å². The second kappa shape index (κ2) is 9.58. The van der Waals surface area contributed by atoms with Gasteiger partial charge in [0, 0.05) is 17.3 Å². The van der Waals surface area contributed by atoms with Gasteiger partial charge in [-0.1, -0.05) is 6.07 Å². The molecule has 0 aliphatic carbocycles. The Morgan fingerprint density at radius 3 is 2.29 bits per heavy atom. The number of ether oxygens (including phenoxy) is 1. The van der Waals surface area contributed by atoms with E-state index in [9.17, 15) is 22.8 Å². The van der Waals surface area contributed by atoms with Gasteiger partial charge in [0.2, 0.25) is 0 Å². The van der Waals surface area contributed by atoms with Crippen LogP contribution in [0, 0.1) is 6.92 Å². The highest BCUT2D eigenvalue weighted by molar-refractivity contribution is 6.04. The lowest BCUT2D eigenvalue weighted by molar-refractivity contribution is -0.137. The summed E-state index contributed by atoms with van der Waals surface area (Å²) in [4.78, 5) is 24.7. The van der Waals surface area contributed by atoms with E-state index in [2.05, 4.69) is 15.7 Å². The molecule has 34 heavy (non-hydrogen) atoms. The number of aryl methyl sites for hydroxylation is 1. The van der Waals surface area contributed by atoms with Crippen LogP contribution in [0.1, 0.15) is 42.4 Å². The molecule has 2 aromatic carbocycles. The van der Waals surface area contributed by atoms with Gasteiger partial charge >= 0.3 is 6.18 Å². The second-order valence-electron chi connectivity index (χ2n) is 8.65. The minimum atomic E-state index is -4.50. The molecule has 0 unspecified atom stereocenters. The van der Waals surface area contributed by atoms with Gasteiger partial charge in [-0.15, -0.1) is 0 Å². The third kappa shape index (κ3) is 6.37. The van der Waals surface area contributed by atoms with E-state index in [4.69, 9.17) is 4.74 Å². The lowest BCUT2D eigenvalue weighted by atomic mass is 10.1. The molecule has 2 N–H and O–H groups in total. The van der Waals surface area contributed by atoms with Crippen LogP contribution < -0.4 is 15.4 Å². The number of benzene rings is 2. The van der Waals surface area contributed by atoms with E-state index in [1.165, 1.54) is 24.3 Å². The van der Waals surface area contributed by atoms with Crippen molar-refractivity contribution in [3.63, 3.8) is 0 Å². The van der Waals surface area contributed by atoms with E-state index in [0.717, 1.165) is 17.8 Å². The summed E-state index contributed by atoms with van der Waals surface area (Å²) in [5, 5.41) is 9.63. The molecule has 7 nitrogen and oxygen atoms in total. The Labute approximate surface area is 194 Å². The van der Waals surface area contributed by atoms with Crippen LogP contribution >= 0.6 is 0 Å². The number of rotatable bonds is 6. The van der Waals surface area contributed by atoms with Crippen molar-refractivity contribution in [3.05, 3.63) is 71.4 Å². The number of carbonyl (C=O) groups excluding carboxylic acids is 2. The number of hydrogen-bond acceptors (Lipinski definition) is 4. The summed E-state index contributed by atoms with van der Waals surface area (Å²) >= 11 is 0. The summed E-state index contributed by atoms with van der Waals surface area (Å²) in [6.45, 7) is 7.36. The number of anilines is 2. The number of hydrogen-bond donors (Lipinski definition) is 2. The zero-order valence-electron chi connectivity index (χ0n) is 19.2. The third-order valence-corrected chi connectivity index (χ3v) is 4.67. The first-order valence-electron chi connectivity index (χ1n) is 10.4. The van der Waals surface area contributed by atoms with Crippen LogP contribution in [0.25, 0.3) is 0 Å². The molecule has 0 saturated heterocycles. The van der Waals surface area contributed by atoms with Crippen molar-refractivity contribution in [2.45, 2.75) is 39.4 Å². The zero-order chi connectivity index (χ0) is 25.1. The lowest BCUT2D eigenvalue weighted by Crippen LogP contribution is -2.26. The second-order valence-corrected chi connectivity index (χ2v) is 8.65. The number of nitrogens with one attached hydrogen (secondary N) is 2. The lowest BCUT2D eigenvalue weighted by Gasteiger charge is -2.22. The van der Waals surface area contributed by atoms with Gasteiger partial charge in [0.1, 0.15) is 11.6 Å². The van der Waals surface area contributed by atoms with Crippen LogP contribution in [0.4, 0.5) is 24.7 Å². The first-order chi connectivity index (χ1) is 15.8. The highest BCUT2D eigenvalue weighted by Crippen LogP contribution is 2.30. The molecule has 0 spiro atoms. The fourth-order valence-corrected chi connectivity index (χ4v) is 3.11. The summed E-state index contributed by atoms with van der Waals surface area (Å²) in [5.74, 6) is -0.0564. The van der Waals surface area contributed by atoms with Crippen LogP contribution in [-0.2, 0) is 16.5 Å². The first kappa shape index (κ1) is 24.8. The number of aromatic nitrogens is 2. The molecule has 0 aliphatic rings. The van der Waals surface area contributed by atoms with Gasteiger partial charge in [-0.2, -0.15) is 18.3 Å². The molecule has 3 rings (SSSR count). The van der Waals surface area contributed by atoms with Gasteiger partial charge in [0.15, 0.2) is 6.61 Å². The minimum Gasteiger partial charge on any atom is -0.484 e. The Morgan fingerprint density at radius 1 is 1.00 bits per heavy atom. The molecular formula is C24H25F3N4O3. The molecular weight excluding hydrogens is 449 g/mol. The number of halogens is 3. The highest BCUT2D eigenvalue weighted by atomic mass is 19.4. The quantitative estimate of drug-likeness (QED) is 0.512. The predicted molar refractivity (Wildman–Crippen MR) is 122 cm³/mol. The molecule has 2 amide bonds. The molecule has 3 aromatic rings. The molecule has 1 heterocycles. The van der Waals surface area contributed by atoms with Crippen LogP contribution in [0.3, 0.4) is 0 Å². The van der Waals surface area contributed by atoms with Crippen LogP contribution in [0.15, 0.2) is 54.6 Å². The van der Waals surface area contributed by atoms with Gasteiger partial charge in [-0.25, -0.2) is 4.68 Å². The Kier molecular flexibility index (Phi) is 6.99. The zero-order valence-corrected chi connectivity index (χ0v) is 19.2. The summed E-state index contributed by atoms with van der Waals surface area (Å²) in [7, 11) is 0. The van der Waals surface area contributed by atoms with Crippen LogP contribution in [0.2, 0.25) is 0 Å². The van der Waals surface area contributed by atoms with Gasteiger partial charge in [0.25, 0.3) is 11.8 Å². The average Bonchev–Trinajstić information content (AvgIpc) is 3.13. The SMILES string of the molecule is Cc1cc(NC(=O)c2ccc(OCC(=O)Nc3cccc(C(F)(F)F)c3)cc2)n(C(C)(C)C)n1. The van der Waals surface area contributed by atoms with Crippen molar-refractivity contribution in [1.29, 1.82) is 0 Å². The van der Waals surface area contributed by atoms with E-state index in [1.54, 1.807) is 22.9 Å². The first-order valence-corrected chi connectivity index (χ1v) is 10.4. The third-order valence-electron chi connectivity index (χ3n) is 4.67. The van der Waals surface area contributed by atoms with E-state index in [-0.39, 0.29) is 17.1 Å². The largest absolute Gasteiger partial charge is 0.484 e. The summed E-state index contributed by atoms with van der Waals surface area (Å²) < 4.78 is 45.5. The van der Waals surface area contributed by atoms with Crippen molar-refractivity contribution < 1.29 is 27.5 Å². The molecule has 1 aromatic heterocycles. The number of carbonyl (C=O) groups is 2. The van der Waals surface area contributed by atoms with Gasteiger partial charge in [0.05, 0.1) is 16.8 Å². The average molecular weight is 474 g/mol. The van der Waals surface area contributed by atoms with Crippen molar-refractivity contribution in [2.75, 3.05) is 17.2 Å². The van der Waals surface area contributed by atoms with E-state index < -0.39 is 24.3 Å². The molecule has 0 bridgehead atoms. The minimum absolute atomic E-state index is 0.0141. The smallest absolute Gasteiger partial charge is 0.416 e. The maximum Gasteiger partial charge on any atom is 0.416 e. The normalized spacial score (nSPS) is 11.7. The molecule has 0 atom stereocenters. The number of nitrogens with zero attached hydrogens (tertiary/aromatic N) is 2. The molecule has 0 saturated carbocycles. The monoisotopic (exact) mass is 474 g/mol. The van der Waals surface area contributed by atoms with Crippen molar-refractivity contribution >= 4 is 23.3 Å². The van der Waals surface area contributed by atoms with E-state index in [0.29, 0.717) is 17.1 Å². The van der Waals surface area contributed by atoms with Crippen molar-refractivity contribution in [3.8, 4) is 5.75 Å². The van der Waals surface area contributed by atoms with E-state index >= 15 is 0 Å². The molecule has 0 aliphatic heterocycles. The predicted octanol–water partition coefficient (Wildman–Crippen LogP) is 5.24. The molecule has 0 radical (unpaired) electrons. The summed E-state index contributed by atoms with van der Waals surface area (Å²) in [6, 6.07) is 12.2. The van der Waals surface area contributed by atoms with Gasteiger partial charge in [-0.05, 0) is 70.2 Å². The van der Waals surface area contributed by atoms with Crippen molar-refractivity contribution in [2.24, 2.45) is 0 Å². The number of alkyl halides is 3. The fraction of sp³-hybridized carbons (Fsp3) is 0.292.